The first-order valence-electron chi connectivity index (χ1n) is 7.93. The van der Waals surface area contributed by atoms with Crippen molar-refractivity contribution in [3.8, 4) is 11.5 Å². The molecule has 0 spiro atoms. The van der Waals surface area contributed by atoms with Gasteiger partial charge >= 0.3 is 0 Å². The number of rotatable bonds is 2. The number of nitrogens with zero attached hydrogens (tertiary/aromatic N) is 1. The smallest absolute Gasteiger partial charge is 0.285 e. The number of benzene rings is 2. The van der Waals surface area contributed by atoms with Crippen LogP contribution in [-0.2, 0) is 10.0 Å². The Morgan fingerprint density at radius 3 is 2.46 bits per heavy atom. The summed E-state index contributed by atoms with van der Waals surface area (Å²) in [6.07, 6.45) is 0. The predicted octanol–water partition coefficient (Wildman–Crippen LogP) is 3.18. The van der Waals surface area contributed by atoms with Gasteiger partial charge in [0.25, 0.3) is 10.0 Å². The SMILES string of the molecule is CC1=C(c2ccc(F)cc2)S(=O)(=O)N=C1Nc1ccc2c(c1)OCCO2. The van der Waals surface area contributed by atoms with Crippen molar-refractivity contribution in [3.05, 3.63) is 59.4 Å². The Morgan fingerprint density at radius 1 is 1.04 bits per heavy atom. The van der Waals surface area contributed by atoms with Gasteiger partial charge in [-0.1, -0.05) is 12.1 Å². The lowest BCUT2D eigenvalue weighted by Crippen LogP contribution is -2.16. The lowest BCUT2D eigenvalue weighted by atomic mass is 10.1. The third-order valence-electron chi connectivity index (χ3n) is 4.08. The molecule has 2 aromatic rings. The molecule has 2 aliphatic heterocycles. The summed E-state index contributed by atoms with van der Waals surface area (Å²) < 4.78 is 52.9. The van der Waals surface area contributed by atoms with Gasteiger partial charge in [-0.05, 0) is 36.8 Å². The summed E-state index contributed by atoms with van der Waals surface area (Å²) in [6, 6.07) is 10.5. The number of hydrogen-bond acceptors (Lipinski definition) is 5. The second-order valence-corrected chi connectivity index (χ2v) is 7.40. The molecule has 0 saturated carbocycles. The summed E-state index contributed by atoms with van der Waals surface area (Å²) in [5.74, 6) is 1.02. The van der Waals surface area contributed by atoms with Gasteiger partial charge in [0.15, 0.2) is 11.5 Å². The van der Waals surface area contributed by atoms with E-state index in [2.05, 4.69) is 9.71 Å². The zero-order valence-corrected chi connectivity index (χ0v) is 14.6. The molecule has 2 aromatic carbocycles. The van der Waals surface area contributed by atoms with Crippen LogP contribution in [0.1, 0.15) is 12.5 Å². The van der Waals surface area contributed by atoms with Crippen LogP contribution >= 0.6 is 0 Å². The first-order valence-corrected chi connectivity index (χ1v) is 9.37. The molecular formula is C18H15FN2O4S. The van der Waals surface area contributed by atoms with Gasteiger partial charge in [-0.15, -0.1) is 4.40 Å². The average molecular weight is 374 g/mol. The van der Waals surface area contributed by atoms with Gasteiger partial charge in [-0.3, -0.25) is 0 Å². The minimum atomic E-state index is -3.86. The van der Waals surface area contributed by atoms with Crippen LogP contribution in [0.15, 0.2) is 52.4 Å². The van der Waals surface area contributed by atoms with E-state index in [1.54, 1.807) is 25.1 Å². The number of fused-ring (bicyclic) bond motifs is 1. The first-order chi connectivity index (χ1) is 12.4. The molecule has 4 rings (SSSR count). The van der Waals surface area contributed by atoms with Crippen molar-refractivity contribution in [2.24, 2.45) is 4.40 Å². The minimum absolute atomic E-state index is 0.0672. The van der Waals surface area contributed by atoms with Crippen LogP contribution in [0.25, 0.3) is 4.91 Å². The third kappa shape index (κ3) is 2.92. The van der Waals surface area contributed by atoms with E-state index < -0.39 is 15.8 Å². The molecule has 1 N–H and O–H groups in total. The fraction of sp³-hybridized carbons (Fsp3) is 0.167. The van der Waals surface area contributed by atoms with Crippen molar-refractivity contribution < 1.29 is 22.3 Å². The Balaban J connectivity index is 1.68. The van der Waals surface area contributed by atoms with Crippen LogP contribution in [0.4, 0.5) is 10.1 Å². The van der Waals surface area contributed by atoms with Crippen molar-refractivity contribution >= 4 is 26.5 Å². The van der Waals surface area contributed by atoms with Gasteiger partial charge in [0, 0.05) is 17.3 Å². The van der Waals surface area contributed by atoms with Crippen LogP contribution < -0.4 is 14.8 Å². The Bertz CT molecular complexity index is 1040. The normalized spacial score (nSPS) is 17.8. The molecule has 0 amide bonds. The van der Waals surface area contributed by atoms with Crippen molar-refractivity contribution in [1.82, 2.24) is 0 Å². The number of hydrogen-bond donors (Lipinski definition) is 1. The zero-order chi connectivity index (χ0) is 18.3. The molecule has 0 fully saturated rings. The highest BCUT2D eigenvalue weighted by atomic mass is 32.2. The second-order valence-electron chi connectivity index (χ2n) is 5.86. The van der Waals surface area contributed by atoms with E-state index in [1.807, 2.05) is 0 Å². The summed E-state index contributed by atoms with van der Waals surface area (Å²) >= 11 is 0. The predicted molar refractivity (Wildman–Crippen MR) is 96.4 cm³/mol. The highest BCUT2D eigenvalue weighted by Crippen LogP contribution is 2.35. The Hall–Kier alpha value is -2.87. The number of amidine groups is 1. The monoisotopic (exact) mass is 374 g/mol. The van der Waals surface area contributed by atoms with Gasteiger partial charge in [0.1, 0.15) is 29.8 Å². The Morgan fingerprint density at radius 2 is 1.73 bits per heavy atom. The van der Waals surface area contributed by atoms with E-state index >= 15 is 0 Å². The maximum atomic E-state index is 13.1. The molecule has 0 bridgehead atoms. The highest BCUT2D eigenvalue weighted by Gasteiger charge is 2.31. The molecule has 0 atom stereocenters. The molecule has 6 nitrogen and oxygen atoms in total. The van der Waals surface area contributed by atoms with Crippen LogP contribution in [-0.4, -0.2) is 27.5 Å². The van der Waals surface area contributed by atoms with Crippen LogP contribution in [0.5, 0.6) is 11.5 Å². The molecular weight excluding hydrogens is 359 g/mol. The molecule has 0 radical (unpaired) electrons. The van der Waals surface area contributed by atoms with Gasteiger partial charge in [0.2, 0.25) is 0 Å². The van der Waals surface area contributed by atoms with E-state index in [-0.39, 0.29) is 10.7 Å². The van der Waals surface area contributed by atoms with Gasteiger partial charge in [-0.2, -0.15) is 8.42 Å². The fourth-order valence-electron chi connectivity index (χ4n) is 2.88. The maximum absolute atomic E-state index is 13.1. The molecule has 0 aromatic heterocycles. The molecule has 0 aliphatic carbocycles. The van der Waals surface area contributed by atoms with Crippen LogP contribution in [0.2, 0.25) is 0 Å². The van der Waals surface area contributed by atoms with Gasteiger partial charge < -0.3 is 14.8 Å². The highest BCUT2D eigenvalue weighted by molar-refractivity contribution is 8.00. The Labute approximate surface area is 150 Å². The standard InChI is InChI=1S/C18H15FN2O4S/c1-11-17(12-2-4-13(19)5-3-12)26(22,23)21-18(11)20-14-6-7-15-16(10-14)25-9-8-24-15/h2-7,10H,8-9H2,1H3,(H,20,21). The number of anilines is 1. The van der Waals surface area contributed by atoms with E-state index in [0.717, 1.165) is 0 Å². The van der Waals surface area contributed by atoms with E-state index in [0.29, 0.717) is 41.5 Å². The quantitative estimate of drug-likeness (QED) is 0.874. The maximum Gasteiger partial charge on any atom is 0.285 e. The molecule has 0 saturated heterocycles. The van der Waals surface area contributed by atoms with Crippen molar-refractivity contribution in [3.63, 3.8) is 0 Å². The van der Waals surface area contributed by atoms with Crippen molar-refractivity contribution in [2.75, 3.05) is 18.5 Å². The third-order valence-corrected chi connectivity index (χ3v) is 5.56. The molecule has 2 heterocycles. The van der Waals surface area contributed by atoms with Crippen molar-refractivity contribution in [2.45, 2.75) is 6.92 Å². The summed E-state index contributed by atoms with van der Waals surface area (Å²) in [6.45, 7) is 2.61. The Kier molecular flexibility index (Phi) is 3.91. The molecule has 26 heavy (non-hydrogen) atoms. The lowest BCUT2D eigenvalue weighted by molar-refractivity contribution is 0.171. The summed E-state index contributed by atoms with van der Waals surface area (Å²) in [5, 5.41) is 3.01. The lowest BCUT2D eigenvalue weighted by Gasteiger charge is -2.19. The number of nitrogens with one attached hydrogen (secondary N) is 1. The van der Waals surface area contributed by atoms with E-state index in [4.69, 9.17) is 9.47 Å². The molecule has 0 unspecified atom stereocenters. The largest absolute Gasteiger partial charge is 0.486 e. The topological polar surface area (TPSA) is 77.0 Å². The summed E-state index contributed by atoms with van der Waals surface area (Å²) in [4.78, 5) is 0.0672. The summed E-state index contributed by atoms with van der Waals surface area (Å²) in [7, 11) is -3.86. The van der Waals surface area contributed by atoms with Crippen LogP contribution in [0, 0.1) is 5.82 Å². The second kappa shape index (κ2) is 6.14. The minimum Gasteiger partial charge on any atom is -0.486 e. The van der Waals surface area contributed by atoms with Crippen molar-refractivity contribution in [1.29, 1.82) is 0 Å². The number of halogens is 1. The van der Waals surface area contributed by atoms with Gasteiger partial charge in [-0.25, -0.2) is 4.39 Å². The molecule has 8 heteroatoms. The molecule has 2 aliphatic rings. The van der Waals surface area contributed by atoms with Gasteiger partial charge in [0.05, 0.1) is 0 Å². The number of ether oxygens (including phenoxy) is 2. The van der Waals surface area contributed by atoms with Crippen LogP contribution in [0.3, 0.4) is 0 Å². The average Bonchev–Trinajstić information content (AvgIpc) is 2.84. The first kappa shape index (κ1) is 16.6. The fourth-order valence-corrected chi connectivity index (χ4v) is 4.31. The number of sulfonamides is 1. The summed E-state index contributed by atoms with van der Waals surface area (Å²) in [5.41, 5.74) is 1.49. The van der Waals surface area contributed by atoms with E-state index in [9.17, 15) is 12.8 Å². The molecule has 134 valence electrons. The van der Waals surface area contributed by atoms with E-state index in [1.165, 1.54) is 24.3 Å². The zero-order valence-electron chi connectivity index (χ0n) is 13.8.